The lowest BCUT2D eigenvalue weighted by Crippen LogP contribution is -2.23. The van der Waals surface area contributed by atoms with Gasteiger partial charge in [-0.2, -0.15) is 0 Å². The zero-order chi connectivity index (χ0) is 14.4. The average molecular weight is 394 g/mol. The molecule has 106 valence electrons. The van der Waals surface area contributed by atoms with Gasteiger partial charge in [-0.25, -0.2) is 0 Å². The minimum Gasteiger partial charge on any atom is -0.491 e. The highest BCUT2D eigenvalue weighted by atomic mass is 79.9. The number of benzene rings is 1. The molecule has 0 aliphatic rings. The number of halogens is 2. The number of amides is 1. The third-order valence-electron chi connectivity index (χ3n) is 2.50. The molecule has 1 aromatic carbocycles. The Balaban J connectivity index is 2.66. The molecule has 0 fully saturated rings. The van der Waals surface area contributed by atoms with Crippen LogP contribution in [0, 0.1) is 0 Å². The van der Waals surface area contributed by atoms with Crippen molar-refractivity contribution in [3.8, 4) is 5.75 Å². The van der Waals surface area contributed by atoms with Crippen LogP contribution in [0.2, 0.25) is 0 Å². The summed E-state index contributed by atoms with van der Waals surface area (Å²) in [6.07, 6.45) is 0.365. The predicted octanol–water partition coefficient (Wildman–Crippen LogP) is 2.79. The van der Waals surface area contributed by atoms with Crippen molar-refractivity contribution >= 4 is 37.8 Å². The first kappa shape index (κ1) is 16.5. The van der Waals surface area contributed by atoms with Crippen molar-refractivity contribution in [3.63, 3.8) is 0 Å². The van der Waals surface area contributed by atoms with Crippen LogP contribution >= 0.6 is 31.9 Å². The number of nitrogens with zero attached hydrogens (tertiary/aromatic N) is 1. The maximum Gasteiger partial charge on any atom is 0.225 e. The van der Waals surface area contributed by atoms with E-state index < -0.39 is 0 Å². The summed E-state index contributed by atoms with van der Waals surface area (Å²) in [4.78, 5) is 13.0. The zero-order valence-electron chi connectivity index (χ0n) is 11.3. The van der Waals surface area contributed by atoms with Crippen LogP contribution in [-0.4, -0.2) is 38.6 Å². The highest BCUT2D eigenvalue weighted by molar-refractivity contribution is 9.11. The number of carbonyl (C=O) groups excluding carboxylic acids is 1. The molecule has 4 nitrogen and oxygen atoms in total. The van der Waals surface area contributed by atoms with Gasteiger partial charge in [0.05, 0.1) is 22.0 Å². The third kappa shape index (κ3) is 5.12. The van der Waals surface area contributed by atoms with Crippen molar-refractivity contribution in [3.05, 3.63) is 26.6 Å². The molecular formula is C13H18Br2N2O2. The van der Waals surface area contributed by atoms with Gasteiger partial charge in [0.2, 0.25) is 5.91 Å². The van der Waals surface area contributed by atoms with Crippen LogP contribution in [0.15, 0.2) is 21.1 Å². The van der Waals surface area contributed by atoms with Crippen LogP contribution < -0.4 is 10.1 Å². The Kier molecular flexibility index (Phi) is 6.82. The molecule has 0 saturated carbocycles. The fourth-order valence-electron chi connectivity index (χ4n) is 1.52. The largest absolute Gasteiger partial charge is 0.491 e. The summed E-state index contributed by atoms with van der Waals surface area (Å²) in [5.41, 5.74) is 1.15. The smallest absolute Gasteiger partial charge is 0.225 e. The molecular weight excluding hydrogens is 376 g/mol. The molecule has 0 aromatic heterocycles. The van der Waals surface area contributed by atoms with Gasteiger partial charge < -0.3 is 15.0 Å². The van der Waals surface area contributed by atoms with E-state index in [1.54, 1.807) is 19.0 Å². The molecule has 1 aromatic rings. The summed E-state index contributed by atoms with van der Waals surface area (Å²) >= 11 is 6.97. The quantitative estimate of drug-likeness (QED) is 0.807. The monoisotopic (exact) mass is 392 g/mol. The first-order valence-corrected chi connectivity index (χ1v) is 7.49. The highest BCUT2D eigenvalue weighted by Gasteiger charge is 2.10. The summed E-state index contributed by atoms with van der Waals surface area (Å²) in [7, 11) is 5.38. The van der Waals surface area contributed by atoms with Gasteiger partial charge in [0.1, 0.15) is 5.75 Å². The molecule has 0 spiro atoms. The Bertz CT molecular complexity index is 427. The van der Waals surface area contributed by atoms with Crippen molar-refractivity contribution in [1.82, 2.24) is 10.2 Å². The Labute approximate surface area is 130 Å². The number of hydrogen-bond donors (Lipinski definition) is 1. The maximum absolute atomic E-state index is 11.5. The van der Waals surface area contributed by atoms with Crippen LogP contribution in [0.1, 0.15) is 12.0 Å². The normalized spacial score (nSPS) is 10.4. The van der Waals surface area contributed by atoms with Gasteiger partial charge in [-0.1, -0.05) is 0 Å². The molecule has 0 radical (unpaired) electrons. The molecule has 0 aliphatic carbocycles. The predicted molar refractivity (Wildman–Crippen MR) is 83.4 cm³/mol. The van der Waals surface area contributed by atoms with Gasteiger partial charge in [0, 0.05) is 20.6 Å². The summed E-state index contributed by atoms with van der Waals surface area (Å²) in [6, 6.07) is 4.01. The van der Waals surface area contributed by atoms with Gasteiger partial charge in [0.25, 0.3) is 0 Å². The van der Waals surface area contributed by atoms with E-state index in [0.29, 0.717) is 13.0 Å². The maximum atomic E-state index is 11.5. The average Bonchev–Trinajstić information content (AvgIpc) is 2.32. The number of rotatable bonds is 6. The Morgan fingerprint density at radius 1 is 1.32 bits per heavy atom. The summed E-state index contributed by atoms with van der Waals surface area (Å²) < 4.78 is 7.42. The fraction of sp³-hybridized carbons (Fsp3) is 0.462. The lowest BCUT2D eigenvalue weighted by molar-refractivity contribution is -0.129. The minimum atomic E-state index is 0.0547. The summed E-state index contributed by atoms with van der Waals surface area (Å²) in [6.45, 7) is 1.15. The van der Waals surface area contributed by atoms with E-state index in [9.17, 15) is 4.79 Å². The van der Waals surface area contributed by atoms with Crippen molar-refractivity contribution in [2.45, 2.75) is 13.0 Å². The molecule has 0 unspecified atom stereocenters. The van der Waals surface area contributed by atoms with Crippen LogP contribution in [0.25, 0.3) is 0 Å². The lowest BCUT2D eigenvalue weighted by Gasteiger charge is -2.14. The van der Waals surface area contributed by atoms with Crippen LogP contribution in [0.4, 0.5) is 0 Å². The molecule has 0 aliphatic heterocycles. The van der Waals surface area contributed by atoms with Gasteiger partial charge in [0.15, 0.2) is 0 Å². The molecule has 1 rings (SSSR count). The van der Waals surface area contributed by atoms with Gasteiger partial charge >= 0.3 is 0 Å². The second-order valence-corrected chi connectivity index (χ2v) is 6.01. The van der Waals surface area contributed by atoms with E-state index in [-0.39, 0.29) is 5.91 Å². The number of ether oxygens (including phenoxy) is 1. The molecule has 19 heavy (non-hydrogen) atoms. The topological polar surface area (TPSA) is 41.6 Å². The molecule has 1 amide bonds. The third-order valence-corrected chi connectivity index (χ3v) is 3.68. The Hall–Kier alpha value is -0.590. The van der Waals surface area contributed by atoms with Crippen molar-refractivity contribution in [2.24, 2.45) is 0 Å². The Morgan fingerprint density at radius 2 is 1.89 bits per heavy atom. The number of hydrogen-bond acceptors (Lipinski definition) is 3. The second kappa shape index (κ2) is 7.87. The minimum absolute atomic E-state index is 0.0547. The van der Waals surface area contributed by atoms with Gasteiger partial charge in [-0.15, -0.1) is 0 Å². The van der Waals surface area contributed by atoms with E-state index >= 15 is 0 Å². The number of carbonyl (C=O) groups is 1. The zero-order valence-corrected chi connectivity index (χ0v) is 14.5. The summed E-state index contributed by atoms with van der Waals surface area (Å²) in [5.74, 6) is 0.783. The highest BCUT2D eigenvalue weighted by Crippen LogP contribution is 2.34. The SMILES string of the molecule is CNCc1cc(Br)c(OCCC(=O)N(C)C)c(Br)c1. The number of nitrogens with one attached hydrogen (secondary N) is 1. The van der Waals surface area contributed by atoms with Crippen LogP contribution in [-0.2, 0) is 11.3 Å². The Morgan fingerprint density at radius 3 is 2.37 bits per heavy atom. The molecule has 6 heteroatoms. The van der Waals surface area contributed by atoms with Crippen LogP contribution in [0.3, 0.4) is 0 Å². The standard InChI is InChI=1S/C13H18Br2N2O2/c1-16-8-9-6-10(14)13(11(15)7-9)19-5-4-12(18)17(2)3/h6-7,16H,4-5,8H2,1-3H3. The second-order valence-electron chi connectivity index (χ2n) is 4.31. The van der Waals surface area contributed by atoms with E-state index in [1.807, 2.05) is 19.2 Å². The van der Waals surface area contributed by atoms with Crippen molar-refractivity contribution < 1.29 is 9.53 Å². The molecule has 0 bridgehead atoms. The van der Waals surface area contributed by atoms with E-state index in [1.165, 1.54) is 0 Å². The van der Waals surface area contributed by atoms with Gasteiger partial charge in [-0.3, -0.25) is 4.79 Å². The first-order chi connectivity index (χ1) is 8.95. The van der Waals surface area contributed by atoms with Crippen molar-refractivity contribution in [2.75, 3.05) is 27.7 Å². The summed E-state index contributed by atoms with van der Waals surface area (Å²) in [5, 5.41) is 3.10. The fourth-order valence-corrected chi connectivity index (χ4v) is 3.03. The molecule has 0 atom stereocenters. The molecule has 1 N–H and O–H groups in total. The van der Waals surface area contributed by atoms with E-state index in [2.05, 4.69) is 37.2 Å². The van der Waals surface area contributed by atoms with E-state index in [4.69, 9.17) is 4.74 Å². The molecule has 0 saturated heterocycles. The molecule has 0 heterocycles. The van der Waals surface area contributed by atoms with Crippen LogP contribution in [0.5, 0.6) is 5.75 Å². The van der Waals surface area contributed by atoms with Crippen molar-refractivity contribution in [1.29, 1.82) is 0 Å². The first-order valence-electron chi connectivity index (χ1n) is 5.91. The van der Waals surface area contributed by atoms with E-state index in [0.717, 1.165) is 26.8 Å². The lowest BCUT2D eigenvalue weighted by atomic mass is 10.2. The van der Waals surface area contributed by atoms with Gasteiger partial charge in [-0.05, 0) is 56.6 Å².